The minimum Gasteiger partial charge on any atom is -0.502 e. The van der Waals surface area contributed by atoms with Crippen molar-refractivity contribution in [1.29, 1.82) is 0 Å². The highest BCUT2D eigenvalue weighted by molar-refractivity contribution is 6.31. The molecule has 1 amide bonds. The molecule has 1 aliphatic rings. The first-order valence-electron chi connectivity index (χ1n) is 8.03. The highest BCUT2D eigenvalue weighted by Crippen LogP contribution is 2.25. The van der Waals surface area contributed by atoms with Crippen LogP contribution >= 0.6 is 11.6 Å². The fraction of sp³-hybridized carbons (Fsp3) is 0.333. The Morgan fingerprint density at radius 3 is 2.80 bits per heavy atom. The van der Waals surface area contributed by atoms with E-state index < -0.39 is 11.3 Å². The van der Waals surface area contributed by atoms with Crippen LogP contribution in [0.3, 0.4) is 0 Å². The molecule has 7 heteroatoms. The SMILES string of the molecule is Cn1cc2c(c(O)c1=O)C(=O)N(CCCc1c(F)cccc1Cl)CC2. The van der Waals surface area contributed by atoms with Crippen LogP contribution in [0.15, 0.2) is 29.2 Å². The summed E-state index contributed by atoms with van der Waals surface area (Å²) in [6.07, 6.45) is 3.09. The van der Waals surface area contributed by atoms with Gasteiger partial charge in [0.25, 0.3) is 11.5 Å². The number of aromatic hydroxyl groups is 1. The van der Waals surface area contributed by atoms with Gasteiger partial charge in [0.1, 0.15) is 5.82 Å². The number of nitrogens with zero attached hydrogens (tertiary/aromatic N) is 2. The Labute approximate surface area is 149 Å². The quantitative estimate of drug-likeness (QED) is 0.906. The Kier molecular flexibility index (Phi) is 4.81. The Morgan fingerprint density at radius 1 is 1.32 bits per heavy atom. The normalized spacial score (nSPS) is 13.9. The van der Waals surface area contributed by atoms with E-state index in [9.17, 15) is 19.1 Å². The molecule has 1 aromatic carbocycles. The van der Waals surface area contributed by atoms with Gasteiger partial charge in [-0.25, -0.2) is 4.39 Å². The van der Waals surface area contributed by atoms with Gasteiger partial charge in [-0.3, -0.25) is 9.59 Å². The molecule has 0 saturated carbocycles. The third-order valence-corrected chi connectivity index (χ3v) is 4.85. The number of amides is 1. The van der Waals surface area contributed by atoms with E-state index in [1.54, 1.807) is 23.2 Å². The molecule has 0 spiro atoms. The number of benzene rings is 1. The van der Waals surface area contributed by atoms with Crippen molar-refractivity contribution in [1.82, 2.24) is 9.47 Å². The Bertz CT molecular complexity index is 874. The van der Waals surface area contributed by atoms with Crippen molar-refractivity contribution in [2.45, 2.75) is 19.3 Å². The summed E-state index contributed by atoms with van der Waals surface area (Å²) in [6.45, 7) is 0.895. The average Bonchev–Trinajstić information content (AvgIpc) is 2.57. The van der Waals surface area contributed by atoms with Crippen molar-refractivity contribution in [2.75, 3.05) is 13.1 Å². The van der Waals surface area contributed by atoms with E-state index in [-0.39, 0.29) is 17.3 Å². The number of fused-ring (bicyclic) bond motifs is 1. The van der Waals surface area contributed by atoms with E-state index in [1.807, 2.05) is 0 Å². The van der Waals surface area contributed by atoms with Gasteiger partial charge in [-0.2, -0.15) is 0 Å². The maximum absolute atomic E-state index is 13.8. The largest absolute Gasteiger partial charge is 0.502 e. The lowest BCUT2D eigenvalue weighted by molar-refractivity contribution is 0.0733. The molecule has 132 valence electrons. The monoisotopic (exact) mass is 364 g/mol. The summed E-state index contributed by atoms with van der Waals surface area (Å²) in [4.78, 5) is 26.0. The van der Waals surface area contributed by atoms with E-state index >= 15 is 0 Å². The fourth-order valence-electron chi connectivity index (χ4n) is 3.16. The van der Waals surface area contributed by atoms with E-state index in [4.69, 9.17) is 11.6 Å². The van der Waals surface area contributed by atoms with Crippen LogP contribution in [0.2, 0.25) is 5.02 Å². The van der Waals surface area contributed by atoms with Crippen LogP contribution in [-0.2, 0) is 19.9 Å². The van der Waals surface area contributed by atoms with Gasteiger partial charge in [0.15, 0.2) is 5.75 Å². The second-order valence-electron chi connectivity index (χ2n) is 6.14. The van der Waals surface area contributed by atoms with Crippen molar-refractivity contribution < 1.29 is 14.3 Å². The van der Waals surface area contributed by atoms with Gasteiger partial charge in [0, 0.05) is 36.9 Å². The molecule has 3 rings (SSSR count). The van der Waals surface area contributed by atoms with Gasteiger partial charge in [-0.15, -0.1) is 0 Å². The molecule has 2 heterocycles. The lowest BCUT2D eigenvalue weighted by atomic mass is 9.99. The van der Waals surface area contributed by atoms with Gasteiger partial charge < -0.3 is 14.6 Å². The van der Waals surface area contributed by atoms with Crippen molar-refractivity contribution >= 4 is 17.5 Å². The standard InChI is InChI=1S/C18H18ClFN2O3/c1-21-10-11-7-9-22(17(24)15(11)16(23)18(21)25)8-3-4-12-13(19)5-2-6-14(12)20/h2,5-6,10,23H,3-4,7-9H2,1H3. The van der Waals surface area contributed by atoms with E-state index in [0.717, 1.165) is 0 Å². The van der Waals surface area contributed by atoms with Crippen LogP contribution < -0.4 is 5.56 Å². The lowest BCUT2D eigenvalue weighted by Crippen LogP contribution is -2.40. The summed E-state index contributed by atoms with van der Waals surface area (Å²) in [5.74, 6) is -1.23. The van der Waals surface area contributed by atoms with Crippen molar-refractivity contribution in [3.05, 3.63) is 62.3 Å². The van der Waals surface area contributed by atoms with Gasteiger partial charge in [-0.05, 0) is 37.0 Å². The van der Waals surface area contributed by atoms with E-state index in [1.165, 1.54) is 17.7 Å². The highest BCUT2D eigenvalue weighted by Gasteiger charge is 2.29. The third-order valence-electron chi connectivity index (χ3n) is 4.50. The zero-order valence-electron chi connectivity index (χ0n) is 13.8. The summed E-state index contributed by atoms with van der Waals surface area (Å²) in [5.41, 5.74) is 0.592. The number of halogens is 2. The van der Waals surface area contributed by atoms with Crippen LogP contribution in [-0.4, -0.2) is 33.6 Å². The molecule has 0 aliphatic carbocycles. The van der Waals surface area contributed by atoms with Gasteiger partial charge in [0.05, 0.1) is 5.56 Å². The van der Waals surface area contributed by atoms with E-state index in [2.05, 4.69) is 0 Å². The molecule has 0 bridgehead atoms. The number of aromatic nitrogens is 1. The zero-order valence-corrected chi connectivity index (χ0v) is 14.5. The second-order valence-corrected chi connectivity index (χ2v) is 6.55. The van der Waals surface area contributed by atoms with Gasteiger partial charge >= 0.3 is 0 Å². The van der Waals surface area contributed by atoms with E-state index in [0.29, 0.717) is 48.5 Å². The lowest BCUT2D eigenvalue weighted by Gasteiger charge is -2.29. The zero-order chi connectivity index (χ0) is 18.1. The van der Waals surface area contributed by atoms with Crippen molar-refractivity contribution in [3.63, 3.8) is 0 Å². The summed E-state index contributed by atoms with van der Waals surface area (Å²) in [7, 11) is 1.54. The molecule has 0 unspecified atom stereocenters. The molecule has 0 radical (unpaired) electrons. The number of hydrogen-bond acceptors (Lipinski definition) is 3. The number of carbonyl (C=O) groups is 1. The molecule has 0 fully saturated rings. The number of rotatable bonds is 4. The fourth-order valence-corrected chi connectivity index (χ4v) is 3.41. The van der Waals surface area contributed by atoms with Crippen LogP contribution in [0.1, 0.15) is 27.9 Å². The first kappa shape index (κ1) is 17.5. The first-order valence-corrected chi connectivity index (χ1v) is 8.41. The van der Waals surface area contributed by atoms with Crippen LogP contribution in [0, 0.1) is 5.82 Å². The molecule has 1 N–H and O–H groups in total. The second kappa shape index (κ2) is 6.88. The number of carbonyl (C=O) groups excluding carboxylic acids is 1. The molecule has 0 atom stereocenters. The van der Waals surface area contributed by atoms with Gasteiger partial charge in [-0.1, -0.05) is 17.7 Å². The molecule has 25 heavy (non-hydrogen) atoms. The number of pyridine rings is 1. The topological polar surface area (TPSA) is 62.5 Å². The smallest absolute Gasteiger partial charge is 0.293 e. The Morgan fingerprint density at radius 2 is 2.08 bits per heavy atom. The average molecular weight is 365 g/mol. The van der Waals surface area contributed by atoms with Crippen LogP contribution in [0.25, 0.3) is 0 Å². The molecule has 0 saturated heterocycles. The molecule has 1 aromatic heterocycles. The highest BCUT2D eigenvalue weighted by atomic mass is 35.5. The first-order chi connectivity index (χ1) is 11.9. The molecular weight excluding hydrogens is 347 g/mol. The summed E-state index contributed by atoms with van der Waals surface area (Å²) < 4.78 is 15.1. The minimum absolute atomic E-state index is 0.0817. The van der Waals surface area contributed by atoms with Crippen molar-refractivity contribution in [2.24, 2.45) is 7.05 Å². The molecule has 1 aliphatic heterocycles. The van der Waals surface area contributed by atoms with Crippen LogP contribution in [0.5, 0.6) is 5.75 Å². The molecular formula is C18H18ClFN2O3. The Hall–Kier alpha value is -2.34. The summed E-state index contributed by atoms with van der Waals surface area (Å²) in [6, 6.07) is 4.54. The predicted molar refractivity (Wildman–Crippen MR) is 92.7 cm³/mol. The number of aryl methyl sites for hydroxylation is 1. The van der Waals surface area contributed by atoms with Gasteiger partial charge in [0.2, 0.25) is 0 Å². The maximum atomic E-state index is 13.8. The Balaban J connectivity index is 1.73. The molecule has 2 aromatic rings. The molecule has 5 nitrogen and oxygen atoms in total. The predicted octanol–water partition coefficient (Wildman–Crippen LogP) is 2.51. The third kappa shape index (κ3) is 3.26. The number of hydrogen-bond donors (Lipinski definition) is 1. The maximum Gasteiger partial charge on any atom is 0.293 e. The van der Waals surface area contributed by atoms with Crippen LogP contribution in [0.4, 0.5) is 4.39 Å². The minimum atomic E-state index is -0.591. The van der Waals surface area contributed by atoms with Crippen molar-refractivity contribution in [3.8, 4) is 5.75 Å². The summed E-state index contributed by atoms with van der Waals surface area (Å²) >= 11 is 6.01. The summed E-state index contributed by atoms with van der Waals surface area (Å²) in [5, 5.41) is 10.4.